The number of hydrogen-bond acceptors (Lipinski definition) is 4. The molecule has 0 radical (unpaired) electrons. The molecule has 4 nitrogen and oxygen atoms in total. The summed E-state index contributed by atoms with van der Waals surface area (Å²) in [7, 11) is 0. The van der Waals surface area contributed by atoms with Crippen molar-refractivity contribution in [3.8, 4) is 0 Å². The summed E-state index contributed by atoms with van der Waals surface area (Å²) in [6, 6.07) is 4.03. The smallest absolute Gasteiger partial charge is 0.0811 e. The van der Waals surface area contributed by atoms with Gasteiger partial charge in [0.25, 0.3) is 0 Å². The van der Waals surface area contributed by atoms with Gasteiger partial charge in [0.1, 0.15) is 0 Å². The van der Waals surface area contributed by atoms with E-state index < -0.39 is 0 Å². The minimum atomic E-state index is 0.0248. The van der Waals surface area contributed by atoms with Gasteiger partial charge in [-0.2, -0.15) is 0 Å². The summed E-state index contributed by atoms with van der Waals surface area (Å²) in [5, 5.41) is 0. The maximum atomic E-state index is 6.02. The van der Waals surface area contributed by atoms with Crippen molar-refractivity contribution in [2.75, 3.05) is 6.61 Å². The summed E-state index contributed by atoms with van der Waals surface area (Å²) in [4.78, 5) is 4.19. The number of hydrazine groups is 1. The quantitative estimate of drug-likeness (QED) is 0.612. The zero-order valence-corrected chi connectivity index (χ0v) is 11.7. The lowest BCUT2D eigenvalue weighted by molar-refractivity contribution is -0.0184. The third-order valence-electron chi connectivity index (χ3n) is 4.03. The Balaban J connectivity index is 2.15. The Hall–Kier alpha value is -0.970. The van der Waals surface area contributed by atoms with Gasteiger partial charge in [-0.1, -0.05) is 25.3 Å². The fraction of sp³-hybridized carbons (Fsp3) is 0.667. The van der Waals surface area contributed by atoms with Crippen molar-refractivity contribution >= 4 is 0 Å². The predicted molar refractivity (Wildman–Crippen MR) is 76.3 cm³/mol. The second-order valence-corrected chi connectivity index (χ2v) is 5.25. The molecule has 4 heteroatoms. The second kappa shape index (κ2) is 7.58. The van der Waals surface area contributed by atoms with E-state index in [1.165, 1.54) is 32.1 Å². The molecule has 0 spiro atoms. The molecule has 3 N–H and O–H groups in total. The van der Waals surface area contributed by atoms with Gasteiger partial charge in [-0.25, -0.2) is 0 Å². The summed E-state index contributed by atoms with van der Waals surface area (Å²) < 4.78 is 6.02. The molecule has 1 fully saturated rings. The van der Waals surface area contributed by atoms with Crippen LogP contribution in [-0.2, 0) is 4.74 Å². The lowest BCUT2D eigenvalue weighted by atomic mass is 9.81. The maximum Gasteiger partial charge on any atom is 0.0811 e. The summed E-state index contributed by atoms with van der Waals surface area (Å²) >= 11 is 0. The van der Waals surface area contributed by atoms with E-state index in [-0.39, 0.29) is 12.1 Å². The summed E-state index contributed by atoms with van der Waals surface area (Å²) in [6.45, 7) is 2.77. The topological polar surface area (TPSA) is 60.2 Å². The van der Waals surface area contributed by atoms with Gasteiger partial charge in [0.2, 0.25) is 0 Å². The summed E-state index contributed by atoms with van der Waals surface area (Å²) in [5.74, 6) is 6.38. The molecule has 0 aliphatic heterocycles. The lowest BCUT2D eigenvalue weighted by Gasteiger charge is -2.35. The highest BCUT2D eigenvalue weighted by Crippen LogP contribution is 2.33. The average Bonchev–Trinajstić information content (AvgIpc) is 2.49. The van der Waals surface area contributed by atoms with Crippen molar-refractivity contribution in [3.05, 3.63) is 30.1 Å². The summed E-state index contributed by atoms with van der Waals surface area (Å²) in [6.07, 6.45) is 10.2. The standard InChI is InChI=1S/C15H25N3O/c1-2-19-15(12-7-4-3-5-8-12)14(18-16)13-9-6-10-17-11-13/h6,9-12,14-15,18H,2-5,7-8,16H2,1H3. The van der Waals surface area contributed by atoms with Crippen molar-refractivity contribution in [1.82, 2.24) is 10.4 Å². The van der Waals surface area contributed by atoms with Crippen molar-refractivity contribution < 1.29 is 4.74 Å². The Bertz CT molecular complexity index is 352. The van der Waals surface area contributed by atoms with Crippen LogP contribution in [0.5, 0.6) is 0 Å². The zero-order chi connectivity index (χ0) is 13.5. The van der Waals surface area contributed by atoms with E-state index in [9.17, 15) is 0 Å². The van der Waals surface area contributed by atoms with Crippen LogP contribution in [0.2, 0.25) is 0 Å². The molecule has 2 rings (SSSR count). The van der Waals surface area contributed by atoms with E-state index in [2.05, 4.69) is 16.5 Å². The van der Waals surface area contributed by atoms with E-state index >= 15 is 0 Å². The first-order valence-corrected chi connectivity index (χ1v) is 7.34. The minimum Gasteiger partial charge on any atom is -0.376 e. The molecule has 0 amide bonds. The largest absolute Gasteiger partial charge is 0.376 e. The van der Waals surface area contributed by atoms with E-state index in [0.29, 0.717) is 5.92 Å². The molecule has 2 unspecified atom stereocenters. The first-order valence-electron chi connectivity index (χ1n) is 7.34. The van der Waals surface area contributed by atoms with Gasteiger partial charge in [-0.05, 0) is 37.3 Å². The average molecular weight is 263 g/mol. The number of hydrogen-bond donors (Lipinski definition) is 2. The van der Waals surface area contributed by atoms with E-state index in [0.717, 1.165) is 12.2 Å². The molecule has 1 heterocycles. The van der Waals surface area contributed by atoms with Gasteiger partial charge in [-0.3, -0.25) is 16.3 Å². The highest BCUT2D eigenvalue weighted by Gasteiger charge is 2.31. The molecule has 1 aliphatic rings. The Morgan fingerprint density at radius 3 is 2.79 bits per heavy atom. The van der Waals surface area contributed by atoms with E-state index in [1.54, 1.807) is 6.20 Å². The van der Waals surface area contributed by atoms with Gasteiger partial charge in [-0.15, -0.1) is 0 Å². The zero-order valence-electron chi connectivity index (χ0n) is 11.7. The van der Waals surface area contributed by atoms with Crippen LogP contribution in [0.1, 0.15) is 50.6 Å². The maximum absolute atomic E-state index is 6.02. The van der Waals surface area contributed by atoms with Crippen molar-refractivity contribution in [1.29, 1.82) is 0 Å². The lowest BCUT2D eigenvalue weighted by Crippen LogP contribution is -2.42. The van der Waals surface area contributed by atoms with E-state index in [1.807, 2.05) is 19.2 Å². The number of ether oxygens (including phenoxy) is 1. The van der Waals surface area contributed by atoms with E-state index in [4.69, 9.17) is 10.6 Å². The van der Waals surface area contributed by atoms with Crippen LogP contribution in [0.3, 0.4) is 0 Å². The van der Waals surface area contributed by atoms with Crippen molar-refractivity contribution in [2.45, 2.75) is 51.2 Å². The highest BCUT2D eigenvalue weighted by atomic mass is 16.5. The van der Waals surface area contributed by atoms with Gasteiger partial charge in [0, 0.05) is 19.0 Å². The SMILES string of the molecule is CCOC(C1CCCCC1)C(NN)c1cccnc1. The first kappa shape index (κ1) is 14.4. The monoisotopic (exact) mass is 263 g/mol. The fourth-order valence-corrected chi connectivity index (χ4v) is 3.10. The Morgan fingerprint density at radius 1 is 1.42 bits per heavy atom. The third kappa shape index (κ3) is 3.75. The first-order chi connectivity index (χ1) is 9.36. The molecule has 1 aliphatic carbocycles. The molecule has 19 heavy (non-hydrogen) atoms. The number of nitrogens with one attached hydrogen (secondary N) is 1. The minimum absolute atomic E-state index is 0.0248. The van der Waals surface area contributed by atoms with Crippen molar-refractivity contribution in [3.63, 3.8) is 0 Å². The Morgan fingerprint density at radius 2 is 2.21 bits per heavy atom. The van der Waals surface area contributed by atoms with Crippen LogP contribution in [0.25, 0.3) is 0 Å². The van der Waals surface area contributed by atoms with Gasteiger partial charge in [0.15, 0.2) is 0 Å². The third-order valence-corrected chi connectivity index (χ3v) is 4.03. The van der Waals surface area contributed by atoms with Gasteiger partial charge >= 0.3 is 0 Å². The van der Waals surface area contributed by atoms with Crippen LogP contribution in [0.15, 0.2) is 24.5 Å². The Kier molecular flexibility index (Phi) is 5.76. The van der Waals surface area contributed by atoms with Crippen LogP contribution >= 0.6 is 0 Å². The molecular weight excluding hydrogens is 238 g/mol. The number of rotatable bonds is 6. The molecule has 2 atom stereocenters. The molecule has 1 aromatic rings. The highest BCUT2D eigenvalue weighted by molar-refractivity contribution is 5.15. The van der Waals surface area contributed by atoms with Gasteiger partial charge in [0.05, 0.1) is 12.1 Å². The normalized spacial score (nSPS) is 20.1. The second-order valence-electron chi connectivity index (χ2n) is 5.25. The molecule has 1 aromatic heterocycles. The molecule has 106 valence electrons. The number of nitrogens with two attached hydrogens (primary N) is 1. The summed E-state index contributed by atoms with van der Waals surface area (Å²) in [5.41, 5.74) is 4.04. The molecule has 0 saturated heterocycles. The number of pyridine rings is 1. The van der Waals surface area contributed by atoms with Crippen LogP contribution in [0.4, 0.5) is 0 Å². The number of nitrogens with zero attached hydrogens (tertiary/aromatic N) is 1. The van der Waals surface area contributed by atoms with Gasteiger partial charge < -0.3 is 4.74 Å². The van der Waals surface area contributed by atoms with Crippen LogP contribution in [-0.4, -0.2) is 17.7 Å². The molecule has 0 bridgehead atoms. The van der Waals surface area contributed by atoms with Crippen molar-refractivity contribution in [2.24, 2.45) is 11.8 Å². The predicted octanol–water partition coefficient (Wildman–Crippen LogP) is 2.57. The van der Waals surface area contributed by atoms with Crippen LogP contribution in [0, 0.1) is 5.92 Å². The fourth-order valence-electron chi connectivity index (χ4n) is 3.10. The molecule has 0 aromatic carbocycles. The Labute approximate surface area is 115 Å². The molecular formula is C15H25N3O. The number of aromatic nitrogens is 1. The molecule has 1 saturated carbocycles. The van der Waals surface area contributed by atoms with Crippen LogP contribution < -0.4 is 11.3 Å².